The van der Waals surface area contributed by atoms with Crippen molar-refractivity contribution in [1.29, 1.82) is 0 Å². The number of esters is 1. The van der Waals surface area contributed by atoms with Crippen LogP contribution in [0, 0.1) is 5.92 Å². The monoisotopic (exact) mass is 276 g/mol. The summed E-state index contributed by atoms with van der Waals surface area (Å²) in [5.74, 6) is 0.975. The van der Waals surface area contributed by atoms with Gasteiger partial charge in [0.05, 0.1) is 20.1 Å². The van der Waals surface area contributed by atoms with Crippen molar-refractivity contribution in [3.63, 3.8) is 0 Å². The lowest BCUT2D eigenvalue weighted by Gasteiger charge is -2.24. The lowest BCUT2D eigenvalue weighted by Crippen LogP contribution is -2.23. The van der Waals surface area contributed by atoms with E-state index in [4.69, 9.17) is 9.47 Å². The molecule has 0 spiro atoms. The first kappa shape index (κ1) is 14.9. The molecule has 1 aliphatic carbocycles. The Balaban J connectivity index is 2.23. The molecule has 20 heavy (non-hydrogen) atoms. The van der Waals surface area contributed by atoms with Crippen LogP contribution in [0.15, 0.2) is 24.3 Å². The van der Waals surface area contributed by atoms with Crippen LogP contribution in [0.25, 0.3) is 0 Å². The minimum atomic E-state index is -0.135. The lowest BCUT2D eigenvalue weighted by atomic mass is 9.81. The van der Waals surface area contributed by atoms with Crippen LogP contribution in [-0.4, -0.2) is 20.2 Å². The van der Waals surface area contributed by atoms with Gasteiger partial charge in [0.2, 0.25) is 0 Å². The van der Waals surface area contributed by atoms with Crippen molar-refractivity contribution in [2.24, 2.45) is 5.92 Å². The number of benzene rings is 1. The van der Waals surface area contributed by atoms with Gasteiger partial charge in [0.1, 0.15) is 5.75 Å². The molecule has 1 atom stereocenters. The van der Waals surface area contributed by atoms with Gasteiger partial charge in [-0.25, -0.2) is 0 Å². The molecule has 0 heterocycles. The molecule has 2 rings (SSSR count). The fraction of sp³-hybridized carbons (Fsp3) is 0.588. The predicted molar refractivity (Wildman–Crippen MR) is 78.9 cm³/mol. The zero-order chi connectivity index (χ0) is 14.4. The number of hydrogen-bond donors (Lipinski definition) is 0. The molecule has 110 valence electrons. The first-order valence-corrected chi connectivity index (χ1v) is 7.48. The SMILES string of the molecule is COC(=O)[C@@H](c1ccc(OC)cc1)C1CCCCCC1. The van der Waals surface area contributed by atoms with Gasteiger partial charge in [0.15, 0.2) is 0 Å². The minimum Gasteiger partial charge on any atom is -0.497 e. The highest BCUT2D eigenvalue weighted by Gasteiger charge is 2.31. The summed E-state index contributed by atoms with van der Waals surface area (Å²) in [6.45, 7) is 0. The third kappa shape index (κ3) is 3.53. The number of ether oxygens (including phenoxy) is 2. The first-order valence-electron chi connectivity index (χ1n) is 7.48. The summed E-state index contributed by atoms with van der Waals surface area (Å²) in [6.07, 6.45) is 7.24. The minimum absolute atomic E-state index is 0.109. The maximum Gasteiger partial charge on any atom is 0.313 e. The van der Waals surface area contributed by atoms with E-state index >= 15 is 0 Å². The largest absolute Gasteiger partial charge is 0.497 e. The second-order valence-corrected chi connectivity index (χ2v) is 5.53. The maximum atomic E-state index is 12.2. The van der Waals surface area contributed by atoms with Crippen LogP contribution in [0.4, 0.5) is 0 Å². The molecule has 0 bridgehead atoms. The van der Waals surface area contributed by atoms with Crippen LogP contribution in [0.1, 0.15) is 50.0 Å². The fourth-order valence-corrected chi connectivity index (χ4v) is 3.18. The molecule has 0 unspecified atom stereocenters. The van der Waals surface area contributed by atoms with E-state index in [-0.39, 0.29) is 11.9 Å². The zero-order valence-electron chi connectivity index (χ0n) is 12.4. The van der Waals surface area contributed by atoms with Crippen molar-refractivity contribution in [3.05, 3.63) is 29.8 Å². The van der Waals surface area contributed by atoms with Crippen LogP contribution in [0.3, 0.4) is 0 Å². The maximum absolute atomic E-state index is 12.2. The van der Waals surface area contributed by atoms with E-state index in [2.05, 4.69) is 0 Å². The smallest absolute Gasteiger partial charge is 0.313 e. The molecular weight excluding hydrogens is 252 g/mol. The van der Waals surface area contributed by atoms with E-state index in [1.165, 1.54) is 32.8 Å². The van der Waals surface area contributed by atoms with E-state index in [1.807, 2.05) is 24.3 Å². The number of carbonyl (C=O) groups excluding carboxylic acids is 1. The highest BCUT2D eigenvalue weighted by molar-refractivity contribution is 5.78. The van der Waals surface area contributed by atoms with Crippen LogP contribution in [-0.2, 0) is 9.53 Å². The van der Waals surface area contributed by atoms with E-state index < -0.39 is 0 Å². The third-order valence-electron chi connectivity index (χ3n) is 4.30. The van der Waals surface area contributed by atoms with Crippen molar-refractivity contribution in [2.75, 3.05) is 14.2 Å². The van der Waals surface area contributed by atoms with Crippen LogP contribution in [0.5, 0.6) is 5.75 Å². The third-order valence-corrected chi connectivity index (χ3v) is 4.30. The van der Waals surface area contributed by atoms with Crippen molar-refractivity contribution < 1.29 is 14.3 Å². The number of rotatable bonds is 4. The second kappa shape index (κ2) is 7.32. The summed E-state index contributed by atoms with van der Waals surface area (Å²) in [4.78, 5) is 12.2. The average molecular weight is 276 g/mol. The summed E-state index contributed by atoms with van der Waals surface area (Å²) < 4.78 is 10.2. The van der Waals surface area contributed by atoms with E-state index in [9.17, 15) is 4.79 Å². The molecular formula is C17H24O3. The van der Waals surface area contributed by atoms with Gasteiger partial charge in [-0.05, 0) is 36.5 Å². The fourth-order valence-electron chi connectivity index (χ4n) is 3.18. The van der Waals surface area contributed by atoms with E-state index in [0.717, 1.165) is 24.2 Å². The van der Waals surface area contributed by atoms with Crippen molar-refractivity contribution in [2.45, 2.75) is 44.4 Å². The molecule has 0 aliphatic heterocycles. The van der Waals surface area contributed by atoms with Crippen molar-refractivity contribution in [1.82, 2.24) is 0 Å². The van der Waals surface area contributed by atoms with Crippen molar-refractivity contribution >= 4 is 5.97 Å². The highest BCUT2D eigenvalue weighted by atomic mass is 16.5. The Labute approximate surface area is 121 Å². The number of carbonyl (C=O) groups is 1. The molecule has 3 nitrogen and oxygen atoms in total. The Morgan fingerprint density at radius 1 is 1.05 bits per heavy atom. The lowest BCUT2D eigenvalue weighted by molar-refractivity contribution is -0.144. The highest BCUT2D eigenvalue weighted by Crippen LogP contribution is 2.36. The summed E-state index contributed by atoms with van der Waals surface area (Å²) >= 11 is 0. The van der Waals surface area contributed by atoms with Crippen molar-refractivity contribution in [3.8, 4) is 5.75 Å². The van der Waals surface area contributed by atoms with E-state index in [0.29, 0.717) is 5.92 Å². The topological polar surface area (TPSA) is 35.5 Å². The molecule has 0 saturated heterocycles. The number of methoxy groups -OCH3 is 2. The summed E-state index contributed by atoms with van der Waals surface area (Å²) in [5, 5.41) is 0. The molecule has 0 N–H and O–H groups in total. The Kier molecular flexibility index (Phi) is 5.45. The van der Waals surface area contributed by atoms with E-state index in [1.54, 1.807) is 7.11 Å². The number of hydrogen-bond acceptors (Lipinski definition) is 3. The zero-order valence-corrected chi connectivity index (χ0v) is 12.4. The second-order valence-electron chi connectivity index (χ2n) is 5.53. The summed E-state index contributed by atoms with van der Waals surface area (Å²) in [5.41, 5.74) is 1.05. The Hall–Kier alpha value is -1.51. The van der Waals surface area contributed by atoms with Crippen LogP contribution < -0.4 is 4.74 Å². The Morgan fingerprint density at radius 3 is 2.15 bits per heavy atom. The molecule has 1 saturated carbocycles. The first-order chi connectivity index (χ1) is 9.76. The molecule has 1 aromatic rings. The van der Waals surface area contributed by atoms with Gasteiger partial charge in [-0.3, -0.25) is 4.79 Å². The molecule has 0 amide bonds. The van der Waals surface area contributed by atoms with Gasteiger partial charge < -0.3 is 9.47 Å². The quantitative estimate of drug-likeness (QED) is 0.617. The molecule has 1 aromatic carbocycles. The summed E-state index contributed by atoms with van der Waals surface area (Å²) in [7, 11) is 3.13. The molecule has 0 radical (unpaired) electrons. The summed E-state index contributed by atoms with van der Waals surface area (Å²) in [6, 6.07) is 7.82. The van der Waals surface area contributed by atoms with Gasteiger partial charge in [-0.1, -0.05) is 37.8 Å². The molecule has 1 fully saturated rings. The Bertz CT molecular complexity index is 416. The molecule has 3 heteroatoms. The van der Waals surface area contributed by atoms with Crippen LogP contribution in [0.2, 0.25) is 0 Å². The molecule has 1 aliphatic rings. The average Bonchev–Trinajstić information content (AvgIpc) is 2.77. The molecule has 0 aromatic heterocycles. The van der Waals surface area contributed by atoms with Gasteiger partial charge in [0.25, 0.3) is 0 Å². The standard InChI is InChI=1S/C17H24O3/c1-19-15-11-9-14(10-12-15)16(17(18)20-2)13-7-5-3-4-6-8-13/h9-13,16H,3-8H2,1-2H3/t16-/m1/s1. The van der Waals surface area contributed by atoms with Gasteiger partial charge >= 0.3 is 5.97 Å². The van der Waals surface area contributed by atoms with Gasteiger partial charge in [0, 0.05) is 0 Å². The Morgan fingerprint density at radius 2 is 1.65 bits per heavy atom. The normalized spacial score (nSPS) is 18.1. The van der Waals surface area contributed by atoms with Gasteiger partial charge in [-0.15, -0.1) is 0 Å². The van der Waals surface area contributed by atoms with Crippen LogP contribution >= 0.6 is 0 Å². The predicted octanol–water partition coefficient (Wildman–Crippen LogP) is 3.92. The van der Waals surface area contributed by atoms with Gasteiger partial charge in [-0.2, -0.15) is 0 Å².